The second-order valence-electron chi connectivity index (χ2n) is 3.27. The van der Waals surface area contributed by atoms with Crippen molar-refractivity contribution >= 4 is 11.8 Å². The van der Waals surface area contributed by atoms with Gasteiger partial charge in [0.25, 0.3) is 11.8 Å². The molecule has 0 unspecified atom stereocenters. The van der Waals surface area contributed by atoms with Crippen LogP contribution in [0.1, 0.15) is 34.7 Å². The van der Waals surface area contributed by atoms with Crippen molar-refractivity contribution in [3.8, 4) is 0 Å². The molecule has 5 nitrogen and oxygen atoms in total. The number of carbonyl (C=O) groups excluding carboxylic acids is 2. The molecule has 86 valence electrons. The number of aromatic nitrogens is 1. The van der Waals surface area contributed by atoms with Gasteiger partial charge in [0.1, 0.15) is 5.69 Å². The Morgan fingerprint density at radius 1 is 1.31 bits per heavy atom. The van der Waals surface area contributed by atoms with E-state index in [1.807, 2.05) is 13.8 Å². The highest BCUT2D eigenvalue weighted by molar-refractivity contribution is 5.95. The fourth-order valence-corrected chi connectivity index (χ4v) is 1.36. The summed E-state index contributed by atoms with van der Waals surface area (Å²) in [4.78, 5) is 28.2. The Hall–Kier alpha value is -1.91. The molecule has 0 aromatic carbocycles. The van der Waals surface area contributed by atoms with Gasteiger partial charge in [-0.2, -0.15) is 0 Å². The Morgan fingerprint density at radius 3 is 2.31 bits per heavy atom. The lowest BCUT2D eigenvalue weighted by molar-refractivity contribution is 0.0772. The summed E-state index contributed by atoms with van der Waals surface area (Å²) in [5.41, 5.74) is 5.68. The normalized spacial score (nSPS) is 9.88. The Morgan fingerprint density at radius 2 is 1.94 bits per heavy atom. The number of nitrogens with zero attached hydrogens (tertiary/aromatic N) is 2. The largest absolute Gasteiger partial charge is 0.364 e. The maximum absolute atomic E-state index is 11.9. The highest BCUT2D eigenvalue weighted by Gasteiger charge is 2.13. The molecular formula is C11H15N3O2. The van der Waals surface area contributed by atoms with Crippen molar-refractivity contribution in [2.75, 3.05) is 13.1 Å². The average Bonchev–Trinajstić information content (AvgIpc) is 2.30. The van der Waals surface area contributed by atoms with Gasteiger partial charge in [-0.15, -0.1) is 0 Å². The smallest absolute Gasteiger partial charge is 0.267 e. The van der Waals surface area contributed by atoms with Crippen LogP contribution in [-0.4, -0.2) is 34.8 Å². The van der Waals surface area contributed by atoms with Gasteiger partial charge in [-0.1, -0.05) is 0 Å². The fraction of sp³-hybridized carbons (Fsp3) is 0.364. The summed E-state index contributed by atoms with van der Waals surface area (Å²) in [6.45, 7) is 5.11. The summed E-state index contributed by atoms with van der Waals surface area (Å²) >= 11 is 0. The van der Waals surface area contributed by atoms with Gasteiger partial charge in [-0.05, 0) is 26.0 Å². The van der Waals surface area contributed by atoms with Crippen molar-refractivity contribution < 1.29 is 9.59 Å². The van der Waals surface area contributed by atoms with E-state index in [1.54, 1.807) is 11.0 Å². The molecule has 0 saturated heterocycles. The van der Waals surface area contributed by atoms with Gasteiger partial charge in [0.15, 0.2) is 0 Å². The zero-order chi connectivity index (χ0) is 12.1. The Bertz CT molecular complexity index is 383. The van der Waals surface area contributed by atoms with Gasteiger partial charge in [0.05, 0.1) is 5.56 Å². The molecule has 0 saturated carbocycles. The Kier molecular flexibility index (Phi) is 3.99. The summed E-state index contributed by atoms with van der Waals surface area (Å²) in [5.74, 6) is -0.685. The van der Waals surface area contributed by atoms with Crippen LogP contribution in [0, 0.1) is 0 Å². The van der Waals surface area contributed by atoms with E-state index in [0.717, 1.165) is 0 Å². The minimum Gasteiger partial charge on any atom is -0.364 e. The van der Waals surface area contributed by atoms with Gasteiger partial charge >= 0.3 is 0 Å². The quantitative estimate of drug-likeness (QED) is 0.811. The number of hydrogen-bond acceptors (Lipinski definition) is 3. The molecular weight excluding hydrogens is 206 g/mol. The number of nitrogens with two attached hydrogens (primary N) is 1. The number of rotatable bonds is 4. The first-order chi connectivity index (χ1) is 7.60. The molecule has 0 fully saturated rings. The summed E-state index contributed by atoms with van der Waals surface area (Å²) in [6, 6.07) is 3.02. The van der Waals surface area contributed by atoms with Crippen molar-refractivity contribution in [3.05, 3.63) is 29.6 Å². The number of amides is 2. The first kappa shape index (κ1) is 12.2. The molecule has 2 N–H and O–H groups in total. The fourth-order valence-electron chi connectivity index (χ4n) is 1.36. The van der Waals surface area contributed by atoms with E-state index in [2.05, 4.69) is 4.98 Å². The van der Waals surface area contributed by atoms with Gasteiger partial charge < -0.3 is 10.6 Å². The van der Waals surface area contributed by atoms with Gasteiger partial charge in [-0.3, -0.25) is 14.6 Å². The van der Waals surface area contributed by atoms with Crippen LogP contribution in [0.25, 0.3) is 0 Å². The molecule has 0 aliphatic heterocycles. The average molecular weight is 221 g/mol. The predicted octanol–water partition coefficient (Wildman–Crippen LogP) is 0.662. The van der Waals surface area contributed by atoms with Crippen LogP contribution >= 0.6 is 0 Å². The maximum atomic E-state index is 11.9. The molecule has 0 atom stereocenters. The van der Waals surface area contributed by atoms with Crippen LogP contribution in [0.5, 0.6) is 0 Å². The van der Waals surface area contributed by atoms with E-state index in [1.165, 1.54) is 12.3 Å². The molecule has 1 rings (SSSR count). The van der Waals surface area contributed by atoms with E-state index < -0.39 is 5.91 Å². The lowest BCUT2D eigenvalue weighted by Crippen LogP contribution is -2.30. The molecule has 1 heterocycles. The molecule has 0 radical (unpaired) electrons. The van der Waals surface area contributed by atoms with Crippen molar-refractivity contribution in [2.24, 2.45) is 5.73 Å². The number of hydrogen-bond donors (Lipinski definition) is 1. The molecule has 0 bridgehead atoms. The maximum Gasteiger partial charge on any atom is 0.267 e. The lowest BCUT2D eigenvalue weighted by atomic mass is 10.2. The van der Waals surface area contributed by atoms with Crippen molar-refractivity contribution in [1.29, 1.82) is 0 Å². The number of primary amides is 1. The zero-order valence-corrected chi connectivity index (χ0v) is 9.43. The second kappa shape index (κ2) is 5.25. The third-order valence-electron chi connectivity index (χ3n) is 2.31. The standard InChI is InChI=1S/C11H15N3O2/c1-3-14(4-2)11(16)8-5-6-9(10(12)15)13-7-8/h5-7H,3-4H2,1-2H3,(H2,12,15). The topological polar surface area (TPSA) is 76.3 Å². The Labute approximate surface area is 94.3 Å². The molecule has 0 aliphatic rings. The SMILES string of the molecule is CCN(CC)C(=O)c1ccc(C(N)=O)nc1. The highest BCUT2D eigenvalue weighted by Crippen LogP contribution is 2.04. The number of carbonyl (C=O) groups is 2. The van der Waals surface area contributed by atoms with Crippen LogP contribution in [-0.2, 0) is 0 Å². The molecule has 16 heavy (non-hydrogen) atoms. The highest BCUT2D eigenvalue weighted by atomic mass is 16.2. The number of pyridine rings is 1. The van der Waals surface area contributed by atoms with Crippen molar-refractivity contribution in [2.45, 2.75) is 13.8 Å². The Balaban J connectivity index is 2.89. The summed E-state index contributed by atoms with van der Waals surface area (Å²) in [7, 11) is 0. The van der Waals surface area contributed by atoms with E-state index in [-0.39, 0.29) is 11.6 Å². The third-order valence-corrected chi connectivity index (χ3v) is 2.31. The van der Waals surface area contributed by atoms with E-state index in [0.29, 0.717) is 18.7 Å². The summed E-state index contributed by atoms with van der Waals surface area (Å²) < 4.78 is 0. The van der Waals surface area contributed by atoms with E-state index in [9.17, 15) is 9.59 Å². The van der Waals surface area contributed by atoms with Gasteiger partial charge in [0, 0.05) is 19.3 Å². The van der Waals surface area contributed by atoms with Crippen LogP contribution in [0.2, 0.25) is 0 Å². The molecule has 1 aromatic heterocycles. The van der Waals surface area contributed by atoms with Gasteiger partial charge in [0.2, 0.25) is 0 Å². The van der Waals surface area contributed by atoms with Gasteiger partial charge in [-0.25, -0.2) is 0 Å². The molecule has 1 aromatic rings. The summed E-state index contributed by atoms with van der Waals surface area (Å²) in [5, 5.41) is 0. The predicted molar refractivity (Wildman–Crippen MR) is 60.0 cm³/mol. The van der Waals surface area contributed by atoms with Crippen molar-refractivity contribution in [1.82, 2.24) is 9.88 Å². The van der Waals surface area contributed by atoms with Crippen LogP contribution in [0.4, 0.5) is 0 Å². The zero-order valence-electron chi connectivity index (χ0n) is 9.43. The van der Waals surface area contributed by atoms with Crippen LogP contribution < -0.4 is 5.73 Å². The molecule has 0 spiro atoms. The van der Waals surface area contributed by atoms with E-state index >= 15 is 0 Å². The first-order valence-electron chi connectivity index (χ1n) is 5.15. The second-order valence-corrected chi connectivity index (χ2v) is 3.27. The minimum atomic E-state index is -0.596. The molecule has 0 aliphatic carbocycles. The molecule has 2 amide bonds. The summed E-state index contributed by atoms with van der Waals surface area (Å²) in [6.07, 6.45) is 1.38. The third kappa shape index (κ3) is 2.56. The minimum absolute atomic E-state index is 0.0893. The first-order valence-corrected chi connectivity index (χ1v) is 5.15. The van der Waals surface area contributed by atoms with Crippen LogP contribution in [0.3, 0.4) is 0 Å². The monoisotopic (exact) mass is 221 g/mol. The van der Waals surface area contributed by atoms with Crippen LogP contribution in [0.15, 0.2) is 18.3 Å². The van der Waals surface area contributed by atoms with E-state index in [4.69, 9.17) is 5.73 Å². The lowest BCUT2D eigenvalue weighted by Gasteiger charge is -2.18. The van der Waals surface area contributed by atoms with Crippen molar-refractivity contribution in [3.63, 3.8) is 0 Å². The molecule has 5 heteroatoms.